The van der Waals surface area contributed by atoms with Crippen LogP contribution in [0.1, 0.15) is 6.92 Å². The van der Waals surface area contributed by atoms with Gasteiger partial charge in [0.2, 0.25) is 6.29 Å². The first-order chi connectivity index (χ1) is 12.1. The van der Waals surface area contributed by atoms with Crippen LogP contribution in [0, 0.1) is 5.92 Å². The van der Waals surface area contributed by atoms with Crippen LogP contribution in [-0.4, -0.2) is 103 Å². The zero-order chi connectivity index (χ0) is 19.4. The molecule has 0 bridgehead atoms. The molecule has 1 saturated carbocycles. The fourth-order valence-electron chi connectivity index (χ4n) is 3.78. The molecule has 3 rings (SSSR count). The van der Waals surface area contributed by atoms with Gasteiger partial charge in [-0.1, -0.05) is 0 Å². The minimum absolute atomic E-state index is 1.02. The lowest BCUT2D eigenvalue weighted by molar-refractivity contribution is -0.380. The average molecular weight is 380 g/mol. The largest absolute Gasteiger partial charge is 0.472 e. The Morgan fingerprint density at radius 2 is 1.50 bits per heavy atom. The highest BCUT2D eigenvalue weighted by atomic mass is 16.8. The van der Waals surface area contributed by atoms with Gasteiger partial charge >= 0.3 is 0 Å². The predicted molar refractivity (Wildman–Crippen MR) is 79.9 cm³/mol. The third-order valence-corrected chi connectivity index (χ3v) is 5.35. The monoisotopic (exact) mass is 380 g/mol. The molecule has 0 aromatic heterocycles. The van der Waals surface area contributed by atoms with Crippen LogP contribution in [0.15, 0.2) is 12.3 Å². The van der Waals surface area contributed by atoms with E-state index >= 15 is 0 Å². The van der Waals surface area contributed by atoms with Crippen molar-refractivity contribution in [2.24, 2.45) is 5.92 Å². The van der Waals surface area contributed by atoms with Crippen LogP contribution in [0.3, 0.4) is 0 Å². The van der Waals surface area contributed by atoms with Crippen molar-refractivity contribution in [1.82, 2.24) is 0 Å². The standard InChI is InChI=1S/C15H24O11/c1-14(21)8-13(24-4-3-15(8,22)10(20)9(14)19)26-12-7(18)5(16)6(17)11(23-2)25-12/h3-13,16-22H,1-2H3/t5-,6-,7+,8+,9-,10+,11-,12-,13-,14-,15-/m0/s1. The summed E-state index contributed by atoms with van der Waals surface area (Å²) in [6.45, 7) is 1.19. The molecule has 11 atom stereocenters. The Morgan fingerprint density at radius 1 is 0.885 bits per heavy atom. The smallest absolute Gasteiger partial charge is 0.210 e. The highest BCUT2D eigenvalue weighted by Crippen LogP contribution is 2.49. The van der Waals surface area contributed by atoms with Crippen molar-refractivity contribution in [3.8, 4) is 0 Å². The summed E-state index contributed by atoms with van der Waals surface area (Å²) in [6.07, 6.45) is -10.5. The molecule has 150 valence electrons. The van der Waals surface area contributed by atoms with E-state index in [1.807, 2.05) is 0 Å². The highest BCUT2D eigenvalue weighted by molar-refractivity contribution is 5.24. The number of aliphatic hydroxyl groups excluding tert-OH is 5. The number of ether oxygens (including phenoxy) is 4. The van der Waals surface area contributed by atoms with Gasteiger partial charge in [0.1, 0.15) is 41.7 Å². The topological polar surface area (TPSA) is 179 Å². The molecule has 11 heteroatoms. The zero-order valence-electron chi connectivity index (χ0n) is 14.1. The average Bonchev–Trinajstić information content (AvgIpc) is 2.73. The van der Waals surface area contributed by atoms with Gasteiger partial charge < -0.3 is 54.7 Å². The van der Waals surface area contributed by atoms with Gasteiger partial charge in [-0.05, 0) is 13.0 Å². The van der Waals surface area contributed by atoms with Crippen molar-refractivity contribution in [1.29, 1.82) is 0 Å². The van der Waals surface area contributed by atoms with Crippen molar-refractivity contribution in [3.63, 3.8) is 0 Å². The van der Waals surface area contributed by atoms with Crippen LogP contribution >= 0.6 is 0 Å². The van der Waals surface area contributed by atoms with Crippen LogP contribution in [0.5, 0.6) is 0 Å². The molecule has 2 aliphatic heterocycles. The Kier molecular flexibility index (Phi) is 5.08. The van der Waals surface area contributed by atoms with Gasteiger partial charge in [0.15, 0.2) is 12.6 Å². The minimum Gasteiger partial charge on any atom is -0.472 e. The van der Waals surface area contributed by atoms with E-state index in [0.29, 0.717) is 0 Å². The molecule has 1 aliphatic carbocycles. The van der Waals surface area contributed by atoms with Crippen LogP contribution < -0.4 is 0 Å². The van der Waals surface area contributed by atoms with Gasteiger partial charge in [0, 0.05) is 7.11 Å². The van der Waals surface area contributed by atoms with Crippen LogP contribution in [0.2, 0.25) is 0 Å². The molecule has 11 nitrogen and oxygen atoms in total. The molecule has 2 heterocycles. The third kappa shape index (κ3) is 2.76. The first-order valence-electron chi connectivity index (χ1n) is 8.07. The van der Waals surface area contributed by atoms with Crippen LogP contribution in [-0.2, 0) is 18.9 Å². The molecule has 0 amide bonds. The summed E-state index contributed by atoms with van der Waals surface area (Å²) in [7, 11) is 1.21. The van der Waals surface area contributed by atoms with Gasteiger partial charge in [-0.15, -0.1) is 0 Å². The van der Waals surface area contributed by atoms with E-state index < -0.39 is 66.5 Å². The molecule has 0 aromatic rings. The second-order valence-corrected chi connectivity index (χ2v) is 7.00. The fourth-order valence-corrected chi connectivity index (χ4v) is 3.78. The molecule has 7 N–H and O–H groups in total. The summed E-state index contributed by atoms with van der Waals surface area (Å²) in [5, 5.41) is 71.2. The number of methoxy groups -OCH3 is 1. The SMILES string of the molecule is CO[C@H]1O[C@@H](O[C@@H]2OC=C[C@@]3(O)[C@H](O)[C@H](O)[C@@](C)(O)[C@@H]23)[C@H](O)[C@@H](O)[C@@H]1O. The Hall–Kier alpha value is -0.860. The Balaban J connectivity index is 1.85. The predicted octanol–water partition coefficient (Wildman–Crippen LogP) is -3.88. The summed E-state index contributed by atoms with van der Waals surface area (Å²) < 4.78 is 20.8. The maximum Gasteiger partial charge on any atom is 0.210 e. The lowest BCUT2D eigenvalue weighted by Crippen LogP contribution is -2.61. The lowest BCUT2D eigenvalue weighted by atomic mass is 9.81. The van der Waals surface area contributed by atoms with E-state index in [1.54, 1.807) is 0 Å². The number of fused-ring (bicyclic) bond motifs is 1. The Labute approximate surface area is 148 Å². The fraction of sp³-hybridized carbons (Fsp3) is 0.867. The molecule has 0 radical (unpaired) electrons. The van der Waals surface area contributed by atoms with Crippen molar-refractivity contribution in [2.45, 2.75) is 67.5 Å². The van der Waals surface area contributed by atoms with E-state index in [4.69, 9.17) is 18.9 Å². The first kappa shape index (κ1) is 19.9. The Morgan fingerprint density at radius 3 is 2.12 bits per heavy atom. The summed E-state index contributed by atoms with van der Waals surface area (Å²) in [5.74, 6) is -1.36. The minimum atomic E-state index is -2.07. The second kappa shape index (κ2) is 6.63. The van der Waals surface area contributed by atoms with E-state index in [9.17, 15) is 35.7 Å². The molecular weight excluding hydrogens is 356 g/mol. The number of hydrogen-bond acceptors (Lipinski definition) is 11. The van der Waals surface area contributed by atoms with Crippen molar-refractivity contribution >= 4 is 0 Å². The molecule has 3 aliphatic rings. The summed E-state index contributed by atoms with van der Waals surface area (Å²) >= 11 is 0. The van der Waals surface area contributed by atoms with E-state index in [-0.39, 0.29) is 0 Å². The molecular formula is C15H24O11. The summed E-state index contributed by atoms with van der Waals surface area (Å²) in [4.78, 5) is 0. The zero-order valence-corrected chi connectivity index (χ0v) is 14.1. The van der Waals surface area contributed by atoms with E-state index in [2.05, 4.69) is 0 Å². The van der Waals surface area contributed by atoms with Gasteiger partial charge in [0.05, 0.1) is 12.2 Å². The maximum absolute atomic E-state index is 10.7. The van der Waals surface area contributed by atoms with Gasteiger partial charge in [-0.2, -0.15) is 0 Å². The first-order valence-corrected chi connectivity index (χ1v) is 8.07. The molecule has 0 spiro atoms. The number of rotatable bonds is 3. The van der Waals surface area contributed by atoms with Gasteiger partial charge in [-0.3, -0.25) is 0 Å². The van der Waals surface area contributed by atoms with E-state index in [0.717, 1.165) is 12.3 Å². The molecule has 2 fully saturated rings. The lowest BCUT2D eigenvalue weighted by Gasteiger charge is -2.45. The van der Waals surface area contributed by atoms with Crippen molar-refractivity contribution in [3.05, 3.63) is 12.3 Å². The third-order valence-electron chi connectivity index (χ3n) is 5.35. The maximum atomic E-state index is 10.7. The summed E-state index contributed by atoms with van der Waals surface area (Å²) in [5.41, 5.74) is -4.08. The molecule has 0 unspecified atom stereocenters. The number of hydrogen-bond donors (Lipinski definition) is 7. The van der Waals surface area contributed by atoms with Crippen molar-refractivity contribution < 1.29 is 54.7 Å². The molecule has 26 heavy (non-hydrogen) atoms. The number of aliphatic hydroxyl groups is 7. The second-order valence-electron chi connectivity index (χ2n) is 7.00. The highest BCUT2D eigenvalue weighted by Gasteiger charge is 2.69. The molecule has 0 aromatic carbocycles. The van der Waals surface area contributed by atoms with Crippen LogP contribution in [0.25, 0.3) is 0 Å². The van der Waals surface area contributed by atoms with Gasteiger partial charge in [-0.25, -0.2) is 0 Å². The van der Waals surface area contributed by atoms with Crippen LogP contribution in [0.4, 0.5) is 0 Å². The van der Waals surface area contributed by atoms with Crippen molar-refractivity contribution in [2.75, 3.05) is 7.11 Å². The summed E-state index contributed by atoms with van der Waals surface area (Å²) in [6, 6.07) is 0. The normalized spacial score (nSPS) is 56.9. The van der Waals surface area contributed by atoms with Gasteiger partial charge in [0.25, 0.3) is 0 Å². The molecule has 1 saturated heterocycles. The van der Waals surface area contributed by atoms with E-state index in [1.165, 1.54) is 14.0 Å². The quantitative estimate of drug-likeness (QED) is 0.255. The Bertz CT molecular complexity index is 552.